The first-order valence-corrected chi connectivity index (χ1v) is 5.88. The van der Waals surface area contributed by atoms with Crippen molar-refractivity contribution < 1.29 is 4.42 Å². The summed E-state index contributed by atoms with van der Waals surface area (Å²) in [7, 11) is 0.247. The fraction of sp³-hybridized carbons (Fsp3) is 0. The van der Waals surface area contributed by atoms with E-state index in [0.29, 0.717) is 0 Å². The van der Waals surface area contributed by atoms with Crippen LogP contribution in [0.25, 0.3) is 21.5 Å². The molecule has 0 saturated heterocycles. The quantitative estimate of drug-likeness (QED) is 0.306. The third-order valence-electron chi connectivity index (χ3n) is 2.37. The number of fused-ring (bicyclic) bond motifs is 2. The summed E-state index contributed by atoms with van der Waals surface area (Å²) < 4.78 is 5.80. The van der Waals surface area contributed by atoms with Gasteiger partial charge in [0.2, 0.25) is 0 Å². The molecule has 3 rings (SSSR count). The highest BCUT2D eigenvalue weighted by Crippen LogP contribution is 2.20. The molecule has 66 valence electrons. The number of para-hydroxylation sites is 1. The van der Waals surface area contributed by atoms with Gasteiger partial charge in [0.15, 0.2) is 0 Å². The SMILES string of the molecule is c1ccc2[o+]c3ccc[siH]c3cc2c1. The molecule has 2 heterocycles. The second kappa shape index (κ2) is 2.99. The van der Waals surface area contributed by atoms with Crippen molar-refractivity contribution >= 4 is 30.7 Å². The fourth-order valence-corrected chi connectivity index (χ4v) is 2.70. The Kier molecular flexibility index (Phi) is 1.67. The molecule has 0 spiro atoms. The first kappa shape index (κ1) is 7.82. The summed E-state index contributed by atoms with van der Waals surface area (Å²) in [6.45, 7) is 0. The first-order valence-electron chi connectivity index (χ1n) is 4.64. The van der Waals surface area contributed by atoms with Gasteiger partial charge < -0.3 is 0 Å². The lowest BCUT2D eigenvalue weighted by molar-refractivity contribution is 0.661. The smallest absolute Gasteiger partial charge is 0.207 e. The maximum absolute atomic E-state index is 5.80. The molecule has 0 radical (unpaired) electrons. The zero-order chi connectivity index (χ0) is 9.38. The largest absolute Gasteiger partial charge is 0.360 e. The molecular formula is C12H9OSi+. The van der Waals surface area contributed by atoms with E-state index in [9.17, 15) is 0 Å². The van der Waals surface area contributed by atoms with Crippen LogP contribution in [-0.4, -0.2) is 9.12 Å². The molecule has 2 heteroatoms. The fourth-order valence-electron chi connectivity index (χ4n) is 1.67. The van der Waals surface area contributed by atoms with Gasteiger partial charge in [-0.05, 0) is 12.1 Å². The summed E-state index contributed by atoms with van der Waals surface area (Å²) in [5.74, 6) is 0. The van der Waals surface area contributed by atoms with Gasteiger partial charge in [-0.25, -0.2) is 4.42 Å². The molecule has 1 aromatic carbocycles. The molecule has 0 aliphatic carbocycles. The van der Waals surface area contributed by atoms with Gasteiger partial charge in [-0.15, -0.1) is 0 Å². The van der Waals surface area contributed by atoms with Crippen LogP contribution >= 0.6 is 0 Å². The van der Waals surface area contributed by atoms with E-state index >= 15 is 0 Å². The van der Waals surface area contributed by atoms with Gasteiger partial charge in [0, 0.05) is 21.3 Å². The lowest BCUT2D eigenvalue weighted by Crippen LogP contribution is -1.79. The summed E-state index contributed by atoms with van der Waals surface area (Å²) >= 11 is 0. The van der Waals surface area contributed by atoms with E-state index in [1.165, 1.54) is 10.4 Å². The van der Waals surface area contributed by atoms with Crippen molar-refractivity contribution in [3.8, 4) is 0 Å². The maximum atomic E-state index is 5.80. The molecule has 0 bridgehead atoms. The van der Waals surface area contributed by atoms with Gasteiger partial charge in [0.25, 0.3) is 0 Å². The van der Waals surface area contributed by atoms with Crippen LogP contribution in [0.2, 0.25) is 0 Å². The van der Waals surface area contributed by atoms with Crippen molar-refractivity contribution in [3.05, 3.63) is 48.1 Å². The molecule has 0 N–H and O–H groups in total. The van der Waals surface area contributed by atoms with Crippen molar-refractivity contribution in [1.29, 1.82) is 0 Å². The summed E-state index contributed by atoms with van der Waals surface area (Å²) in [4.78, 5) is 1.35. The number of benzene rings is 1. The average Bonchev–Trinajstić information content (AvgIpc) is 2.26. The number of rotatable bonds is 0. The standard InChI is InChI=1S/C12H9OSi/c1-2-5-10-9(4-1)8-12-11(13-10)6-3-7-14-12/h1-8,14H/q+1. The third-order valence-corrected chi connectivity index (χ3v) is 3.59. The second-order valence-electron chi connectivity index (χ2n) is 3.32. The molecule has 3 aromatic rings. The van der Waals surface area contributed by atoms with Crippen LogP contribution < -0.4 is 0 Å². The van der Waals surface area contributed by atoms with E-state index in [4.69, 9.17) is 4.42 Å². The molecule has 0 unspecified atom stereocenters. The Bertz CT molecular complexity index is 499. The molecule has 14 heavy (non-hydrogen) atoms. The normalized spacial score (nSPS) is 10.9. The van der Waals surface area contributed by atoms with Crippen molar-refractivity contribution in [2.75, 3.05) is 0 Å². The van der Waals surface area contributed by atoms with Gasteiger partial charge in [-0.2, -0.15) is 0 Å². The second-order valence-corrected chi connectivity index (χ2v) is 4.66. The topological polar surface area (TPSA) is 11.3 Å². The highest BCUT2D eigenvalue weighted by molar-refractivity contribution is 6.45. The molecule has 0 aliphatic heterocycles. The summed E-state index contributed by atoms with van der Waals surface area (Å²) in [6.07, 6.45) is 0. The van der Waals surface area contributed by atoms with Crippen molar-refractivity contribution in [1.82, 2.24) is 0 Å². The Balaban J connectivity index is 2.52. The molecule has 0 saturated carbocycles. The molecule has 2 aromatic heterocycles. The number of hydrogen-bond donors (Lipinski definition) is 0. The third kappa shape index (κ3) is 1.15. The summed E-state index contributed by atoms with van der Waals surface area (Å²) in [5.41, 5.74) is 4.23. The summed E-state index contributed by atoms with van der Waals surface area (Å²) in [6, 6.07) is 14.5. The van der Waals surface area contributed by atoms with Crippen LogP contribution in [0.5, 0.6) is 0 Å². The van der Waals surface area contributed by atoms with Crippen molar-refractivity contribution in [2.24, 2.45) is 0 Å². The van der Waals surface area contributed by atoms with Crippen LogP contribution in [0.1, 0.15) is 0 Å². The van der Waals surface area contributed by atoms with Gasteiger partial charge in [-0.1, -0.05) is 23.9 Å². The number of hydrogen-bond acceptors (Lipinski definition) is 0. The van der Waals surface area contributed by atoms with Crippen LogP contribution in [0, 0.1) is 0 Å². The Labute approximate surface area is 83.7 Å². The van der Waals surface area contributed by atoms with Gasteiger partial charge in [0.05, 0.1) is 10.4 Å². The zero-order valence-electron chi connectivity index (χ0n) is 7.60. The molecule has 0 fully saturated rings. The van der Waals surface area contributed by atoms with Crippen LogP contribution in [0.15, 0.2) is 52.6 Å². The van der Waals surface area contributed by atoms with E-state index in [2.05, 4.69) is 23.9 Å². The molecule has 0 amide bonds. The van der Waals surface area contributed by atoms with Crippen molar-refractivity contribution in [3.63, 3.8) is 0 Å². The monoisotopic (exact) mass is 197 g/mol. The van der Waals surface area contributed by atoms with E-state index in [0.717, 1.165) is 11.2 Å². The predicted molar refractivity (Wildman–Crippen MR) is 60.9 cm³/mol. The van der Waals surface area contributed by atoms with E-state index in [1.807, 2.05) is 24.3 Å². The van der Waals surface area contributed by atoms with Crippen molar-refractivity contribution in [2.45, 2.75) is 0 Å². The Morgan fingerprint density at radius 1 is 0.929 bits per heavy atom. The van der Waals surface area contributed by atoms with Gasteiger partial charge in [0.1, 0.15) is 0 Å². The lowest BCUT2D eigenvalue weighted by atomic mass is 10.2. The first-order chi connectivity index (χ1) is 6.93. The van der Waals surface area contributed by atoms with Crippen LogP contribution in [0.4, 0.5) is 0 Å². The minimum absolute atomic E-state index is 0.247. The van der Waals surface area contributed by atoms with Gasteiger partial charge in [-0.3, -0.25) is 0 Å². The maximum Gasteiger partial charge on any atom is 0.360 e. The van der Waals surface area contributed by atoms with Crippen LogP contribution in [-0.2, 0) is 0 Å². The minimum atomic E-state index is 0.247. The van der Waals surface area contributed by atoms with E-state index < -0.39 is 0 Å². The summed E-state index contributed by atoms with van der Waals surface area (Å²) in [5, 5.41) is 1.20. The molecule has 1 nitrogen and oxygen atoms in total. The zero-order valence-corrected chi connectivity index (χ0v) is 8.76. The Morgan fingerprint density at radius 3 is 2.79 bits per heavy atom. The highest BCUT2D eigenvalue weighted by Gasteiger charge is 2.09. The molecular weight excluding hydrogens is 188 g/mol. The average molecular weight is 197 g/mol. The van der Waals surface area contributed by atoms with Gasteiger partial charge >= 0.3 is 11.2 Å². The predicted octanol–water partition coefficient (Wildman–Crippen LogP) is 2.94. The lowest BCUT2D eigenvalue weighted by Gasteiger charge is -1.89. The molecule has 0 aliphatic rings. The Morgan fingerprint density at radius 2 is 1.79 bits per heavy atom. The molecule has 0 atom stereocenters. The van der Waals surface area contributed by atoms with E-state index in [1.54, 1.807) is 0 Å². The minimum Gasteiger partial charge on any atom is -0.207 e. The van der Waals surface area contributed by atoms with E-state index in [-0.39, 0.29) is 9.12 Å². The Hall–Kier alpha value is -1.54. The van der Waals surface area contributed by atoms with Crippen LogP contribution in [0.3, 0.4) is 0 Å². The highest BCUT2D eigenvalue weighted by atomic mass is 28.2.